The predicted molar refractivity (Wildman–Crippen MR) is 160 cm³/mol. The summed E-state index contributed by atoms with van der Waals surface area (Å²) in [4.78, 5) is 64.7. The second-order valence-corrected chi connectivity index (χ2v) is 11.9. The fraction of sp³-hybridized carbons (Fsp3) is 0.500. The van der Waals surface area contributed by atoms with Gasteiger partial charge in [-0.2, -0.15) is 0 Å². The van der Waals surface area contributed by atoms with Crippen LogP contribution in [-0.2, 0) is 43.9 Å². The van der Waals surface area contributed by atoms with E-state index in [0.717, 1.165) is 26.4 Å². The van der Waals surface area contributed by atoms with E-state index in [9.17, 15) is 24.0 Å². The summed E-state index contributed by atoms with van der Waals surface area (Å²) in [7, 11) is 1.14. The van der Waals surface area contributed by atoms with Crippen LogP contribution in [0.25, 0.3) is 0 Å². The standard InChI is InChI=1S/C34H43NO8/c1-7-8-12-21(2)17-22(3)30(38)42-29-16-15-26(33(5)19-25(23(4)20-36)28(37)18-27(29)33)31(39)43-34(35,32(40)41-6)24-13-10-9-11-14-24/h9-11,13-14,17-18,20-21,25-26,29H,4,7-8,12,15-16,19,35H2,1-3,5-6H3/b22-17+/t21?,25-,26+,29+,33+,34-/m0/s1. The largest absolute Gasteiger partial charge is 0.465 e. The number of carbonyl (C=O) groups excluding carboxylic acids is 5. The van der Waals surface area contributed by atoms with Crippen molar-refractivity contribution >= 4 is 30.0 Å². The van der Waals surface area contributed by atoms with Crippen LogP contribution >= 0.6 is 0 Å². The zero-order valence-corrected chi connectivity index (χ0v) is 25.7. The number of rotatable bonds is 12. The maximum absolute atomic E-state index is 13.9. The second kappa shape index (κ2) is 14.1. The molecule has 2 N–H and O–H groups in total. The molecule has 3 rings (SSSR count). The topological polar surface area (TPSA) is 139 Å². The molecule has 0 saturated heterocycles. The van der Waals surface area contributed by atoms with Gasteiger partial charge >= 0.3 is 17.9 Å². The molecule has 6 atom stereocenters. The molecule has 1 unspecified atom stereocenters. The predicted octanol–water partition coefficient (Wildman–Crippen LogP) is 4.89. The van der Waals surface area contributed by atoms with Gasteiger partial charge in [0.2, 0.25) is 0 Å². The number of aldehydes is 1. The first-order valence-electron chi connectivity index (χ1n) is 14.8. The Hall–Kier alpha value is -3.85. The number of carbonyl (C=O) groups is 5. The van der Waals surface area contributed by atoms with Crippen molar-refractivity contribution < 1.29 is 38.2 Å². The molecule has 0 bridgehead atoms. The summed E-state index contributed by atoms with van der Waals surface area (Å²) >= 11 is 0. The van der Waals surface area contributed by atoms with Crippen molar-refractivity contribution in [2.75, 3.05) is 7.11 Å². The van der Waals surface area contributed by atoms with E-state index in [2.05, 4.69) is 13.5 Å². The lowest BCUT2D eigenvalue weighted by Gasteiger charge is -2.49. The first-order valence-corrected chi connectivity index (χ1v) is 14.8. The van der Waals surface area contributed by atoms with Crippen molar-refractivity contribution in [1.82, 2.24) is 0 Å². The number of ether oxygens (including phenoxy) is 3. The van der Waals surface area contributed by atoms with E-state index in [-0.39, 0.29) is 42.1 Å². The fourth-order valence-electron chi connectivity index (χ4n) is 6.17. The Morgan fingerprint density at radius 1 is 1.21 bits per heavy atom. The van der Waals surface area contributed by atoms with Gasteiger partial charge in [-0.15, -0.1) is 0 Å². The van der Waals surface area contributed by atoms with Gasteiger partial charge in [-0.25, -0.2) is 9.59 Å². The van der Waals surface area contributed by atoms with Crippen LogP contribution in [0.15, 0.2) is 65.8 Å². The molecule has 43 heavy (non-hydrogen) atoms. The monoisotopic (exact) mass is 593 g/mol. The highest BCUT2D eigenvalue weighted by atomic mass is 16.6. The Balaban J connectivity index is 1.97. The highest BCUT2D eigenvalue weighted by Crippen LogP contribution is 2.54. The average Bonchev–Trinajstić information content (AvgIpc) is 2.99. The third-order valence-corrected chi connectivity index (χ3v) is 8.72. The van der Waals surface area contributed by atoms with Crippen LogP contribution in [0, 0.1) is 23.2 Å². The van der Waals surface area contributed by atoms with Gasteiger partial charge in [0.05, 0.1) is 18.9 Å². The van der Waals surface area contributed by atoms with Gasteiger partial charge in [0.1, 0.15) is 12.4 Å². The number of nitrogens with two attached hydrogens (primary N) is 1. The van der Waals surface area contributed by atoms with Gasteiger partial charge in [0, 0.05) is 16.6 Å². The highest BCUT2D eigenvalue weighted by molar-refractivity contribution is 6.00. The van der Waals surface area contributed by atoms with Crippen LogP contribution in [0.3, 0.4) is 0 Å². The van der Waals surface area contributed by atoms with E-state index in [1.165, 1.54) is 6.08 Å². The lowest BCUT2D eigenvalue weighted by Crippen LogP contribution is -2.54. The number of allylic oxidation sites excluding steroid dienone is 3. The molecule has 0 aromatic heterocycles. The van der Waals surface area contributed by atoms with Crippen molar-refractivity contribution in [2.45, 2.75) is 78.0 Å². The van der Waals surface area contributed by atoms with Gasteiger partial charge in [0.15, 0.2) is 5.78 Å². The molecule has 0 spiro atoms. The van der Waals surface area contributed by atoms with Crippen molar-refractivity contribution in [2.24, 2.45) is 28.9 Å². The summed E-state index contributed by atoms with van der Waals surface area (Å²) in [5.41, 5.74) is 4.32. The highest BCUT2D eigenvalue weighted by Gasteiger charge is 2.55. The molecule has 0 heterocycles. The third kappa shape index (κ3) is 7.21. The maximum Gasteiger partial charge on any atom is 0.371 e. The first-order chi connectivity index (χ1) is 20.3. The van der Waals surface area contributed by atoms with Gasteiger partial charge in [-0.3, -0.25) is 20.1 Å². The average molecular weight is 594 g/mol. The van der Waals surface area contributed by atoms with Gasteiger partial charge in [0.25, 0.3) is 5.72 Å². The molecule has 9 heteroatoms. The quantitative estimate of drug-likeness (QED) is 0.118. The van der Waals surface area contributed by atoms with Crippen LogP contribution < -0.4 is 5.73 Å². The number of hydrogen-bond donors (Lipinski definition) is 1. The van der Waals surface area contributed by atoms with E-state index >= 15 is 0 Å². The molecule has 2 aliphatic rings. The molecule has 0 aliphatic heterocycles. The molecule has 232 valence electrons. The lowest BCUT2D eigenvalue weighted by molar-refractivity contribution is -0.189. The van der Waals surface area contributed by atoms with E-state index in [1.807, 2.05) is 13.0 Å². The smallest absolute Gasteiger partial charge is 0.371 e. The van der Waals surface area contributed by atoms with Crippen LogP contribution in [-0.4, -0.2) is 43.2 Å². The maximum atomic E-state index is 13.9. The molecule has 9 nitrogen and oxygen atoms in total. The molecule has 1 fully saturated rings. The third-order valence-electron chi connectivity index (χ3n) is 8.72. The number of fused-ring (bicyclic) bond motifs is 1. The van der Waals surface area contributed by atoms with Crippen molar-refractivity contribution in [1.29, 1.82) is 0 Å². The summed E-state index contributed by atoms with van der Waals surface area (Å²) in [6, 6.07) is 8.13. The van der Waals surface area contributed by atoms with Gasteiger partial charge in [-0.1, -0.05) is 76.6 Å². The Labute approximate surface area is 253 Å². The molecule has 0 amide bonds. The van der Waals surface area contributed by atoms with Crippen molar-refractivity contribution in [3.63, 3.8) is 0 Å². The van der Waals surface area contributed by atoms with Crippen LogP contribution in [0.5, 0.6) is 0 Å². The van der Waals surface area contributed by atoms with Crippen molar-refractivity contribution in [3.05, 3.63) is 71.3 Å². The summed E-state index contributed by atoms with van der Waals surface area (Å²) in [5, 5.41) is 0. The zero-order chi connectivity index (χ0) is 31.9. The SMILES string of the molecule is C=C(C=O)[C@@H]1C[C@@]2(C)C(=CC1=O)[C@H](OC(=O)/C(C)=C/C(C)CCCC)CC[C@@H]2C(=O)O[C@](N)(C(=O)OC)c1ccccc1. The molecule has 2 aliphatic carbocycles. The molecular formula is C34H43NO8. The van der Waals surface area contributed by atoms with Gasteiger partial charge < -0.3 is 14.2 Å². The van der Waals surface area contributed by atoms with E-state index in [1.54, 1.807) is 44.2 Å². The van der Waals surface area contributed by atoms with Crippen LogP contribution in [0.2, 0.25) is 0 Å². The number of ketones is 1. The first kappa shape index (κ1) is 33.6. The van der Waals surface area contributed by atoms with Crippen LogP contribution in [0.1, 0.15) is 71.8 Å². The summed E-state index contributed by atoms with van der Waals surface area (Å²) < 4.78 is 16.6. The normalized spacial score (nSPS) is 25.7. The van der Waals surface area contributed by atoms with Crippen LogP contribution in [0.4, 0.5) is 0 Å². The molecule has 0 radical (unpaired) electrons. The number of methoxy groups -OCH3 is 1. The molecule has 1 aromatic carbocycles. The fourth-order valence-corrected chi connectivity index (χ4v) is 6.17. The summed E-state index contributed by atoms with van der Waals surface area (Å²) in [6.07, 6.45) is 6.58. The Kier molecular flexibility index (Phi) is 11.0. The lowest BCUT2D eigenvalue weighted by atomic mass is 9.56. The minimum absolute atomic E-state index is 0.0626. The molecular weight excluding hydrogens is 550 g/mol. The Morgan fingerprint density at radius 2 is 1.88 bits per heavy atom. The van der Waals surface area contributed by atoms with Gasteiger partial charge in [-0.05, 0) is 55.7 Å². The second-order valence-electron chi connectivity index (χ2n) is 11.9. The number of unbranched alkanes of at least 4 members (excludes halogenated alkanes) is 1. The Bertz CT molecular complexity index is 1310. The summed E-state index contributed by atoms with van der Waals surface area (Å²) in [6.45, 7) is 11.4. The minimum Gasteiger partial charge on any atom is -0.465 e. The number of esters is 3. The van der Waals surface area contributed by atoms with E-state index in [0.29, 0.717) is 17.4 Å². The minimum atomic E-state index is -2.22. The molecule has 1 aromatic rings. The number of hydrogen-bond acceptors (Lipinski definition) is 9. The van der Waals surface area contributed by atoms with E-state index in [4.69, 9.17) is 19.9 Å². The zero-order valence-electron chi connectivity index (χ0n) is 25.7. The Morgan fingerprint density at radius 3 is 2.49 bits per heavy atom. The summed E-state index contributed by atoms with van der Waals surface area (Å²) in [5.74, 6) is -4.14. The number of benzene rings is 1. The molecule has 1 saturated carbocycles. The van der Waals surface area contributed by atoms with Crippen molar-refractivity contribution in [3.8, 4) is 0 Å². The van der Waals surface area contributed by atoms with E-state index < -0.39 is 47.0 Å².